The molecule has 0 amide bonds. The summed E-state index contributed by atoms with van der Waals surface area (Å²) in [7, 11) is 0. The monoisotopic (exact) mass is 331 g/mol. The maximum absolute atomic E-state index is 3.69. The summed E-state index contributed by atoms with van der Waals surface area (Å²) in [5.74, 6) is 0.676. The van der Waals surface area contributed by atoms with Gasteiger partial charge in [0.15, 0.2) is 0 Å². The van der Waals surface area contributed by atoms with Crippen molar-refractivity contribution in [2.75, 3.05) is 0 Å². The standard InChI is InChI=1S/C18H22BrN/c1-14(2)11-18(16-8-4-3-5-9-16)20-13-15-7-6-10-17(19)12-15/h3-10,12,14,18,20H,11,13H2,1-2H3. The zero-order chi connectivity index (χ0) is 14.4. The van der Waals surface area contributed by atoms with E-state index < -0.39 is 0 Å². The summed E-state index contributed by atoms with van der Waals surface area (Å²) >= 11 is 3.53. The maximum atomic E-state index is 3.69. The number of rotatable bonds is 6. The third-order valence-corrected chi connectivity index (χ3v) is 3.84. The minimum Gasteiger partial charge on any atom is -0.306 e. The van der Waals surface area contributed by atoms with Gasteiger partial charge in [-0.1, -0.05) is 72.2 Å². The molecule has 0 aliphatic rings. The summed E-state index contributed by atoms with van der Waals surface area (Å²) in [6.45, 7) is 5.44. The Hall–Kier alpha value is -1.12. The zero-order valence-corrected chi connectivity index (χ0v) is 13.7. The van der Waals surface area contributed by atoms with Gasteiger partial charge in [0.05, 0.1) is 0 Å². The van der Waals surface area contributed by atoms with E-state index in [-0.39, 0.29) is 0 Å². The molecule has 0 aliphatic carbocycles. The van der Waals surface area contributed by atoms with E-state index in [1.165, 1.54) is 11.1 Å². The molecular weight excluding hydrogens is 310 g/mol. The van der Waals surface area contributed by atoms with E-state index in [4.69, 9.17) is 0 Å². The van der Waals surface area contributed by atoms with Gasteiger partial charge in [0, 0.05) is 17.1 Å². The van der Waals surface area contributed by atoms with Gasteiger partial charge >= 0.3 is 0 Å². The quantitative estimate of drug-likeness (QED) is 0.754. The van der Waals surface area contributed by atoms with Crippen LogP contribution in [0.15, 0.2) is 59.1 Å². The summed E-state index contributed by atoms with van der Waals surface area (Å²) in [5, 5.41) is 3.69. The predicted molar refractivity (Wildman–Crippen MR) is 89.6 cm³/mol. The lowest BCUT2D eigenvalue weighted by Crippen LogP contribution is -2.22. The van der Waals surface area contributed by atoms with E-state index in [0.717, 1.165) is 17.4 Å². The lowest BCUT2D eigenvalue weighted by molar-refractivity contribution is 0.428. The van der Waals surface area contributed by atoms with Gasteiger partial charge in [-0.15, -0.1) is 0 Å². The molecule has 1 unspecified atom stereocenters. The molecule has 0 saturated carbocycles. The second-order valence-corrected chi connectivity index (χ2v) is 6.52. The third kappa shape index (κ3) is 4.77. The third-order valence-electron chi connectivity index (χ3n) is 3.35. The van der Waals surface area contributed by atoms with E-state index in [9.17, 15) is 0 Å². The summed E-state index contributed by atoms with van der Waals surface area (Å²) in [6.07, 6.45) is 1.15. The van der Waals surface area contributed by atoms with Gasteiger partial charge in [-0.25, -0.2) is 0 Å². The van der Waals surface area contributed by atoms with Crippen LogP contribution in [0.25, 0.3) is 0 Å². The van der Waals surface area contributed by atoms with E-state index in [2.05, 4.69) is 89.7 Å². The largest absolute Gasteiger partial charge is 0.306 e. The minimum atomic E-state index is 0.412. The minimum absolute atomic E-state index is 0.412. The highest BCUT2D eigenvalue weighted by atomic mass is 79.9. The Bertz CT molecular complexity index is 522. The highest BCUT2D eigenvalue weighted by molar-refractivity contribution is 9.10. The summed E-state index contributed by atoms with van der Waals surface area (Å²) < 4.78 is 1.14. The first kappa shape index (κ1) is 15.3. The van der Waals surface area contributed by atoms with Crippen molar-refractivity contribution < 1.29 is 0 Å². The lowest BCUT2D eigenvalue weighted by Gasteiger charge is -2.21. The summed E-state index contributed by atoms with van der Waals surface area (Å²) in [4.78, 5) is 0. The molecule has 0 heterocycles. The Labute approximate surface area is 130 Å². The van der Waals surface area contributed by atoms with Crippen LogP contribution in [0.1, 0.15) is 37.4 Å². The Morgan fingerprint density at radius 1 is 1.00 bits per heavy atom. The SMILES string of the molecule is CC(C)CC(NCc1cccc(Br)c1)c1ccccc1. The van der Waals surface area contributed by atoms with Crippen molar-refractivity contribution in [3.05, 3.63) is 70.2 Å². The van der Waals surface area contributed by atoms with Crippen LogP contribution in [-0.4, -0.2) is 0 Å². The smallest absolute Gasteiger partial charge is 0.0325 e. The second-order valence-electron chi connectivity index (χ2n) is 5.60. The molecule has 1 atom stereocenters. The van der Waals surface area contributed by atoms with Crippen LogP contribution >= 0.6 is 15.9 Å². The molecule has 0 radical (unpaired) electrons. The van der Waals surface area contributed by atoms with Crippen LogP contribution in [0.2, 0.25) is 0 Å². The summed E-state index contributed by atoms with van der Waals surface area (Å²) in [5.41, 5.74) is 2.68. The number of nitrogens with one attached hydrogen (secondary N) is 1. The van der Waals surface area contributed by atoms with Gasteiger partial charge in [0.2, 0.25) is 0 Å². The maximum Gasteiger partial charge on any atom is 0.0325 e. The molecule has 2 heteroatoms. The van der Waals surface area contributed by atoms with Gasteiger partial charge in [0.1, 0.15) is 0 Å². The van der Waals surface area contributed by atoms with E-state index in [1.54, 1.807) is 0 Å². The van der Waals surface area contributed by atoms with Gasteiger partial charge in [0.25, 0.3) is 0 Å². The average Bonchev–Trinajstić information content (AvgIpc) is 2.44. The average molecular weight is 332 g/mol. The number of hydrogen-bond acceptors (Lipinski definition) is 1. The molecule has 1 nitrogen and oxygen atoms in total. The molecule has 0 saturated heterocycles. The fourth-order valence-corrected chi connectivity index (χ4v) is 2.83. The molecule has 2 aromatic rings. The molecule has 1 N–H and O–H groups in total. The molecule has 20 heavy (non-hydrogen) atoms. The number of hydrogen-bond donors (Lipinski definition) is 1. The van der Waals surface area contributed by atoms with Crippen molar-refractivity contribution >= 4 is 15.9 Å². The molecule has 0 bridgehead atoms. The van der Waals surface area contributed by atoms with Crippen LogP contribution in [-0.2, 0) is 6.54 Å². The fourth-order valence-electron chi connectivity index (χ4n) is 2.38. The highest BCUT2D eigenvalue weighted by Crippen LogP contribution is 2.22. The molecule has 0 fully saturated rings. The van der Waals surface area contributed by atoms with E-state index in [0.29, 0.717) is 12.0 Å². The predicted octanol–water partition coefficient (Wildman–Crippen LogP) is 5.33. The fraction of sp³-hybridized carbons (Fsp3) is 0.333. The van der Waals surface area contributed by atoms with Crippen LogP contribution in [0.5, 0.6) is 0 Å². The molecule has 0 aromatic heterocycles. The lowest BCUT2D eigenvalue weighted by atomic mass is 9.97. The van der Waals surface area contributed by atoms with Crippen molar-refractivity contribution in [1.29, 1.82) is 0 Å². The molecule has 2 rings (SSSR count). The Balaban J connectivity index is 2.05. The summed E-state index contributed by atoms with van der Waals surface area (Å²) in [6, 6.07) is 19.6. The van der Waals surface area contributed by atoms with Crippen molar-refractivity contribution in [2.24, 2.45) is 5.92 Å². The number of halogens is 1. The van der Waals surface area contributed by atoms with Crippen LogP contribution in [0.3, 0.4) is 0 Å². The van der Waals surface area contributed by atoms with Crippen molar-refractivity contribution in [3.8, 4) is 0 Å². The van der Waals surface area contributed by atoms with Crippen LogP contribution in [0, 0.1) is 5.92 Å². The first-order valence-electron chi connectivity index (χ1n) is 7.18. The van der Waals surface area contributed by atoms with Gasteiger partial charge < -0.3 is 5.32 Å². The number of benzene rings is 2. The molecular formula is C18H22BrN. The molecule has 0 spiro atoms. The van der Waals surface area contributed by atoms with E-state index >= 15 is 0 Å². The highest BCUT2D eigenvalue weighted by Gasteiger charge is 2.12. The Morgan fingerprint density at radius 2 is 1.75 bits per heavy atom. The normalized spacial score (nSPS) is 12.6. The van der Waals surface area contributed by atoms with Gasteiger partial charge in [-0.05, 0) is 35.6 Å². The van der Waals surface area contributed by atoms with Gasteiger partial charge in [-0.3, -0.25) is 0 Å². The van der Waals surface area contributed by atoms with Gasteiger partial charge in [-0.2, -0.15) is 0 Å². The zero-order valence-electron chi connectivity index (χ0n) is 12.1. The van der Waals surface area contributed by atoms with Crippen molar-refractivity contribution in [2.45, 2.75) is 32.9 Å². The Kier molecular flexibility index (Phi) is 5.81. The first-order valence-corrected chi connectivity index (χ1v) is 7.97. The second kappa shape index (κ2) is 7.61. The molecule has 2 aromatic carbocycles. The molecule has 0 aliphatic heterocycles. The topological polar surface area (TPSA) is 12.0 Å². The molecule has 106 valence electrons. The Morgan fingerprint density at radius 3 is 2.40 bits per heavy atom. The van der Waals surface area contributed by atoms with Crippen LogP contribution in [0.4, 0.5) is 0 Å². The van der Waals surface area contributed by atoms with E-state index in [1.807, 2.05) is 0 Å². The van der Waals surface area contributed by atoms with Crippen molar-refractivity contribution in [1.82, 2.24) is 5.32 Å². The van der Waals surface area contributed by atoms with Crippen LogP contribution < -0.4 is 5.32 Å². The van der Waals surface area contributed by atoms with Crippen molar-refractivity contribution in [3.63, 3.8) is 0 Å². The first-order chi connectivity index (χ1) is 9.65.